The molecule has 0 aliphatic carbocycles. The van der Waals surface area contributed by atoms with Gasteiger partial charge in [-0.2, -0.15) is 79.4 Å². The lowest BCUT2D eigenvalue weighted by molar-refractivity contribution is 0.0531. The van der Waals surface area contributed by atoms with E-state index in [1.54, 1.807) is 171 Å². The van der Waals surface area contributed by atoms with Crippen molar-refractivity contribution in [3.63, 3.8) is 0 Å². The van der Waals surface area contributed by atoms with E-state index in [-0.39, 0.29) is 0 Å². The first kappa shape index (κ1) is 108. The molecule has 0 amide bonds. The highest BCUT2D eigenvalue weighted by Crippen LogP contribution is 2.40. The molecule has 20 rings (SSSR count). The van der Waals surface area contributed by atoms with Gasteiger partial charge in [0.15, 0.2) is 30.0 Å². The van der Waals surface area contributed by atoms with Crippen molar-refractivity contribution in [2.75, 3.05) is 0 Å². The molecule has 4 N–H and O–H groups in total. The first-order valence-electron chi connectivity index (χ1n) is 46.2. The van der Waals surface area contributed by atoms with Gasteiger partial charge in [0.05, 0.1) is 55.0 Å². The molecule has 0 fully saturated rings. The normalized spacial score (nSPS) is 13.4. The molecule has 30 heteroatoms. The summed E-state index contributed by atoms with van der Waals surface area (Å²) in [5.74, 6) is 4.53. The standard InChI is InChI=1S/C15H14.C12H13NS.2C11H12N2OS.C11H12N2S.C10H12N2S.2C10H11NO2S.2C10H11NOS/c1-2-15(13-9-5-3-6-10-13)14-11-7-4-8-12-14;1-2-12(11-5-7-14-9-11)10-4-3-6-13-8-10;1-2-11(14,9-3-6-15-8-9)10-7-12-4-5-13-10;1-2-11(14,9-5-3-8-15-9)10-12-6-4-7-13-10;1-2-9(10-5-3-8-14-10)11-12-6-4-7-13-11;1-2-10(9-3-6-13-7-9)12-5-4-11-8-12;1-2-10(12,8-3-4-14-7-8)9-5-11-13-6-9;1-2-10(12,8-3-4-14-6-8)9-5-11-7-13-9;1-2-10(8-3-4-13-7-8)9-5-11-12-6-9;1-2-9(8-3-4-13-6-8)10-5-11-7-12-10/h2-12H,1H3;3-9,12H,2H2,1H3;2*3-8,14H,2H2,1H3;3-9H,2H2,1H3;3-8,10H,2H2,1H3;2*3-7,12H,2H2,1H3;3-7,10H,2H2,1H3;3-7,9H,2H2,1H3. The van der Waals surface area contributed by atoms with Crippen LogP contribution in [-0.2, 0) is 22.4 Å². The Kier molecular flexibility index (Phi) is 44.9. The van der Waals surface area contributed by atoms with Crippen LogP contribution in [-0.4, -0.2) is 85.1 Å². The number of rotatable bonds is 29. The fraction of sp³-hybridized carbons (Fsp3) is 0.255. The lowest BCUT2D eigenvalue weighted by Crippen LogP contribution is -2.27. The molecule has 0 aliphatic rings. The second-order valence-corrected chi connectivity index (χ2v) is 38.9. The Morgan fingerprint density at radius 2 is 0.879 bits per heavy atom. The highest BCUT2D eigenvalue weighted by atomic mass is 32.1. The highest BCUT2D eigenvalue weighted by molar-refractivity contribution is 7.11. The number of imidazole rings is 1. The zero-order chi connectivity index (χ0) is 98.9. The third kappa shape index (κ3) is 30.4. The van der Waals surface area contributed by atoms with Crippen LogP contribution in [0.25, 0.3) is 5.57 Å². The van der Waals surface area contributed by atoms with Crippen molar-refractivity contribution in [3.8, 4) is 0 Å². The molecule has 140 heavy (non-hydrogen) atoms. The van der Waals surface area contributed by atoms with E-state index in [1.807, 2.05) is 151 Å². The maximum absolute atomic E-state index is 10.6. The van der Waals surface area contributed by atoms with E-state index < -0.39 is 22.4 Å². The number of oxazole rings is 2. The van der Waals surface area contributed by atoms with E-state index >= 15 is 0 Å². The van der Waals surface area contributed by atoms with Crippen molar-refractivity contribution in [1.29, 1.82) is 0 Å². The smallest absolute Gasteiger partial charge is 0.181 e. The molecule has 0 spiro atoms. The lowest BCUT2D eigenvalue weighted by Gasteiger charge is -2.24. The first-order valence-corrected chi connectivity index (χ1v) is 54.6. The third-order valence-electron chi connectivity index (χ3n) is 23.3. The van der Waals surface area contributed by atoms with Gasteiger partial charge in [-0.05, 0) is 274 Å². The molecular weight excluding hydrogens is 1920 g/mol. The minimum Gasteiger partial charge on any atom is -0.448 e. The van der Waals surface area contributed by atoms with Gasteiger partial charge in [0.2, 0.25) is 0 Å². The van der Waals surface area contributed by atoms with Crippen molar-refractivity contribution in [2.24, 2.45) is 0 Å². The van der Waals surface area contributed by atoms with E-state index in [1.165, 1.54) is 85.3 Å². The molecule has 18 aromatic heterocycles. The van der Waals surface area contributed by atoms with Crippen LogP contribution in [0.5, 0.6) is 0 Å². The molecule has 2 aromatic carbocycles. The van der Waals surface area contributed by atoms with Crippen molar-refractivity contribution in [2.45, 2.75) is 179 Å². The van der Waals surface area contributed by atoms with Crippen LogP contribution < -0.4 is 0 Å². The number of aliphatic hydroxyl groups is 4. The summed E-state index contributed by atoms with van der Waals surface area (Å²) in [6, 6.07) is 51.6. The van der Waals surface area contributed by atoms with Crippen LogP contribution in [0, 0.1) is 0 Å². The van der Waals surface area contributed by atoms with Crippen LogP contribution in [0.4, 0.5) is 0 Å². The topological polar surface area (TPSA) is 293 Å². The molecule has 726 valence electrons. The van der Waals surface area contributed by atoms with Gasteiger partial charge >= 0.3 is 0 Å². The Bertz CT molecular complexity index is 5780. The van der Waals surface area contributed by atoms with Gasteiger partial charge in [-0.3, -0.25) is 15.0 Å². The predicted octanol–water partition coefficient (Wildman–Crippen LogP) is 29.5. The number of thiophene rings is 9. The van der Waals surface area contributed by atoms with Crippen molar-refractivity contribution in [1.82, 2.24) is 64.7 Å². The summed E-state index contributed by atoms with van der Waals surface area (Å²) >= 11 is 14.9. The van der Waals surface area contributed by atoms with Gasteiger partial charge in [-0.15, -0.1) is 22.7 Å². The number of hydrogen-bond acceptors (Lipinski definition) is 29. The maximum atomic E-state index is 10.6. The summed E-state index contributed by atoms with van der Waals surface area (Å²) in [4.78, 5) is 43.2. The van der Waals surface area contributed by atoms with E-state index in [0.29, 0.717) is 78.2 Å². The molecular formula is C110H119N13O8S9. The fourth-order valence-corrected chi connectivity index (χ4v) is 22.2. The predicted molar refractivity (Wildman–Crippen MR) is 573 cm³/mol. The molecule has 9 unspecified atom stereocenters. The van der Waals surface area contributed by atoms with E-state index in [9.17, 15) is 20.4 Å². The molecule has 0 saturated carbocycles. The van der Waals surface area contributed by atoms with E-state index in [2.05, 4.69) is 252 Å². The molecule has 0 saturated heterocycles. The fourth-order valence-electron chi connectivity index (χ4n) is 15.4. The molecule has 0 bridgehead atoms. The van der Waals surface area contributed by atoms with Crippen LogP contribution in [0.15, 0.2) is 386 Å². The zero-order valence-corrected chi connectivity index (χ0v) is 87.3. The van der Waals surface area contributed by atoms with Crippen LogP contribution in [0.1, 0.15) is 262 Å². The number of allylic oxidation sites excluding steroid dienone is 1. The summed E-state index contributed by atoms with van der Waals surface area (Å²) < 4.78 is 22.2. The molecule has 20 aromatic rings. The molecule has 0 aliphatic heterocycles. The van der Waals surface area contributed by atoms with Gasteiger partial charge in [0.1, 0.15) is 40.9 Å². The summed E-state index contributed by atoms with van der Waals surface area (Å²) in [5.41, 5.74) is 11.7. The van der Waals surface area contributed by atoms with Gasteiger partial charge in [-0.25, -0.2) is 34.9 Å². The average molecular weight is 2040 g/mol. The molecule has 18 heterocycles. The Morgan fingerprint density at radius 3 is 1.31 bits per heavy atom. The summed E-state index contributed by atoms with van der Waals surface area (Å²) in [6.45, 7) is 20.7. The highest BCUT2D eigenvalue weighted by Gasteiger charge is 2.36. The van der Waals surface area contributed by atoms with Gasteiger partial charge in [0, 0.05) is 112 Å². The van der Waals surface area contributed by atoms with Crippen molar-refractivity contribution >= 4 is 108 Å². The number of pyridine rings is 1. The second kappa shape index (κ2) is 58.1. The first-order chi connectivity index (χ1) is 68.6. The minimum absolute atomic E-state index is 0.358. The van der Waals surface area contributed by atoms with Crippen LogP contribution in [0.3, 0.4) is 0 Å². The largest absolute Gasteiger partial charge is 0.448 e. The number of benzene rings is 2. The Morgan fingerprint density at radius 1 is 0.364 bits per heavy atom. The quantitative estimate of drug-likeness (QED) is 0.0339. The third-order valence-corrected chi connectivity index (χ3v) is 30.2. The Hall–Kier alpha value is -12.2. The summed E-state index contributed by atoms with van der Waals surface area (Å²) in [5, 5.41) is 82.2. The Labute approximate surface area is 856 Å². The van der Waals surface area contributed by atoms with Gasteiger partial charge in [-0.1, -0.05) is 158 Å². The Balaban J connectivity index is 0.000000149. The van der Waals surface area contributed by atoms with Gasteiger partial charge in [0.25, 0.3) is 0 Å². The maximum Gasteiger partial charge on any atom is 0.181 e. The average Bonchev–Trinajstić information content (AvgIpc) is 1.61. The summed E-state index contributed by atoms with van der Waals surface area (Å²) in [6.07, 6.45) is 43.9. The number of aromatic nitrogens is 13. The van der Waals surface area contributed by atoms with Gasteiger partial charge < -0.3 is 42.9 Å². The van der Waals surface area contributed by atoms with E-state index in [0.717, 1.165) is 65.3 Å². The van der Waals surface area contributed by atoms with Crippen LogP contribution in [0.2, 0.25) is 0 Å². The molecule has 9 atom stereocenters. The SMILES string of the molecule is CC=C(c1ccccc1)c1ccccc1.CCC(O)(c1ccsc1)c1cnccn1.CCC(O)(c1ccsc1)c1cnco1.CCC(O)(c1cnoc1)c1ccsc1.CCC(O)(c1ncccn1)c1cccs1.CCC(c1cccnc1)c1ccsc1.CCC(c1ccsc1)c1cnco1.CCC(c1ccsc1)n1ccnc1.CCC(c1cnoc1)c1ccsc1.CCC(c1ncccn1)c1cccs1. The van der Waals surface area contributed by atoms with Crippen molar-refractivity contribution in [3.05, 3.63) is 474 Å². The minimum atomic E-state index is -1.05. The van der Waals surface area contributed by atoms with Crippen LogP contribution >= 0.6 is 102 Å². The summed E-state index contributed by atoms with van der Waals surface area (Å²) in [7, 11) is 0. The van der Waals surface area contributed by atoms with Crippen molar-refractivity contribution < 1.29 is 38.3 Å². The number of nitrogens with zero attached hydrogens (tertiary/aromatic N) is 13. The van der Waals surface area contributed by atoms with E-state index in [4.69, 9.17) is 17.9 Å². The zero-order valence-electron chi connectivity index (χ0n) is 80.0. The molecule has 21 nitrogen and oxygen atoms in total. The second-order valence-electron chi connectivity index (χ2n) is 31.5. The number of hydrogen-bond donors (Lipinski definition) is 4. The molecule has 0 radical (unpaired) electrons. The monoisotopic (exact) mass is 2040 g/mol. The lowest BCUT2D eigenvalue weighted by atomic mass is 9.88.